The van der Waals surface area contributed by atoms with Crippen molar-refractivity contribution in [3.05, 3.63) is 33.9 Å². The SMILES string of the molecule is CCCCCC.Cc1cc(N2CCC(C)C2)ccc1[N+](=O)[O-]. The van der Waals surface area contributed by atoms with Crippen molar-refractivity contribution >= 4 is 11.4 Å². The van der Waals surface area contributed by atoms with Gasteiger partial charge in [0.2, 0.25) is 0 Å². The van der Waals surface area contributed by atoms with Gasteiger partial charge < -0.3 is 4.90 Å². The largest absolute Gasteiger partial charge is 0.371 e. The van der Waals surface area contributed by atoms with Crippen LogP contribution >= 0.6 is 0 Å². The number of benzene rings is 1. The lowest BCUT2D eigenvalue weighted by molar-refractivity contribution is -0.385. The fourth-order valence-corrected chi connectivity index (χ4v) is 2.71. The number of unbranched alkanes of at least 4 members (excludes halogenated alkanes) is 3. The molecule has 0 saturated carbocycles. The predicted octanol–water partition coefficient (Wildman–Crippen LogP) is 5.34. The van der Waals surface area contributed by atoms with Gasteiger partial charge in [0.25, 0.3) is 5.69 Å². The van der Waals surface area contributed by atoms with E-state index < -0.39 is 0 Å². The van der Waals surface area contributed by atoms with Crippen molar-refractivity contribution in [1.82, 2.24) is 0 Å². The third-order valence-electron chi connectivity index (χ3n) is 4.12. The van der Waals surface area contributed by atoms with Crippen LogP contribution < -0.4 is 4.90 Å². The van der Waals surface area contributed by atoms with Gasteiger partial charge in [-0.05, 0) is 31.4 Å². The monoisotopic (exact) mass is 306 g/mol. The zero-order valence-corrected chi connectivity index (χ0v) is 14.5. The van der Waals surface area contributed by atoms with Crippen LogP contribution in [0.3, 0.4) is 0 Å². The highest BCUT2D eigenvalue weighted by Gasteiger charge is 2.20. The van der Waals surface area contributed by atoms with Gasteiger partial charge in [-0.15, -0.1) is 0 Å². The molecule has 0 aromatic heterocycles. The van der Waals surface area contributed by atoms with Gasteiger partial charge in [0.1, 0.15) is 0 Å². The summed E-state index contributed by atoms with van der Waals surface area (Å²) < 4.78 is 0. The molecule has 1 fully saturated rings. The lowest BCUT2D eigenvalue weighted by Crippen LogP contribution is -2.19. The Morgan fingerprint density at radius 1 is 1.27 bits per heavy atom. The van der Waals surface area contributed by atoms with Crippen molar-refractivity contribution in [2.75, 3.05) is 18.0 Å². The number of rotatable bonds is 5. The molecule has 4 heteroatoms. The van der Waals surface area contributed by atoms with Crippen LogP contribution in [-0.2, 0) is 0 Å². The minimum absolute atomic E-state index is 0.205. The van der Waals surface area contributed by atoms with E-state index in [4.69, 9.17) is 0 Å². The minimum Gasteiger partial charge on any atom is -0.371 e. The molecule has 0 aliphatic carbocycles. The van der Waals surface area contributed by atoms with Crippen LogP contribution in [0.25, 0.3) is 0 Å². The maximum atomic E-state index is 10.7. The number of hydrogen-bond donors (Lipinski definition) is 0. The van der Waals surface area contributed by atoms with Gasteiger partial charge in [-0.1, -0.05) is 46.5 Å². The number of nitrogens with zero attached hydrogens (tertiary/aromatic N) is 2. The van der Waals surface area contributed by atoms with E-state index in [1.165, 1.54) is 32.1 Å². The minimum atomic E-state index is -0.328. The fourth-order valence-electron chi connectivity index (χ4n) is 2.71. The molecule has 1 heterocycles. The summed E-state index contributed by atoms with van der Waals surface area (Å²) >= 11 is 0. The van der Waals surface area contributed by atoms with Gasteiger partial charge in [-0.3, -0.25) is 10.1 Å². The smallest absolute Gasteiger partial charge is 0.272 e. The molecular weight excluding hydrogens is 276 g/mol. The molecule has 1 aromatic carbocycles. The van der Waals surface area contributed by atoms with Crippen LogP contribution in [0.1, 0.15) is 58.4 Å². The van der Waals surface area contributed by atoms with Crippen molar-refractivity contribution in [2.45, 2.75) is 59.8 Å². The second-order valence-corrected chi connectivity index (χ2v) is 6.27. The van der Waals surface area contributed by atoms with Crippen molar-refractivity contribution < 1.29 is 4.92 Å². The molecule has 22 heavy (non-hydrogen) atoms. The van der Waals surface area contributed by atoms with Crippen LogP contribution in [0.4, 0.5) is 11.4 Å². The summed E-state index contributed by atoms with van der Waals surface area (Å²) in [6, 6.07) is 5.37. The van der Waals surface area contributed by atoms with E-state index in [-0.39, 0.29) is 10.6 Å². The van der Waals surface area contributed by atoms with Gasteiger partial charge in [0.05, 0.1) is 4.92 Å². The van der Waals surface area contributed by atoms with Gasteiger partial charge >= 0.3 is 0 Å². The van der Waals surface area contributed by atoms with Crippen molar-refractivity contribution in [1.29, 1.82) is 0 Å². The summed E-state index contributed by atoms with van der Waals surface area (Å²) in [4.78, 5) is 12.7. The maximum Gasteiger partial charge on any atom is 0.272 e. The average Bonchev–Trinajstić information content (AvgIpc) is 2.92. The molecule has 0 radical (unpaired) electrons. The topological polar surface area (TPSA) is 46.4 Å². The average molecular weight is 306 g/mol. The first-order valence-corrected chi connectivity index (χ1v) is 8.49. The van der Waals surface area contributed by atoms with E-state index in [0.29, 0.717) is 0 Å². The highest BCUT2D eigenvalue weighted by molar-refractivity contribution is 5.55. The lowest BCUT2D eigenvalue weighted by Gasteiger charge is -2.18. The van der Waals surface area contributed by atoms with E-state index in [9.17, 15) is 10.1 Å². The quantitative estimate of drug-likeness (QED) is 0.419. The number of aryl methyl sites for hydroxylation is 1. The second-order valence-electron chi connectivity index (χ2n) is 6.27. The Labute approximate surface area is 134 Å². The van der Waals surface area contributed by atoms with Gasteiger partial charge in [-0.25, -0.2) is 0 Å². The molecule has 1 saturated heterocycles. The molecule has 0 spiro atoms. The molecule has 4 nitrogen and oxygen atoms in total. The molecule has 1 aliphatic rings. The number of nitro groups is 1. The summed E-state index contributed by atoms with van der Waals surface area (Å²) in [5, 5.41) is 10.7. The molecule has 1 unspecified atom stereocenters. The fraction of sp³-hybridized carbons (Fsp3) is 0.667. The Morgan fingerprint density at radius 3 is 2.32 bits per heavy atom. The third-order valence-corrected chi connectivity index (χ3v) is 4.12. The van der Waals surface area contributed by atoms with Crippen molar-refractivity contribution in [2.24, 2.45) is 5.92 Å². The molecule has 2 rings (SSSR count). The summed E-state index contributed by atoms with van der Waals surface area (Å²) in [5.74, 6) is 0.718. The van der Waals surface area contributed by atoms with Crippen LogP contribution in [0.5, 0.6) is 0 Å². The van der Waals surface area contributed by atoms with Crippen LogP contribution in [0.15, 0.2) is 18.2 Å². The van der Waals surface area contributed by atoms with Crippen molar-refractivity contribution in [3.8, 4) is 0 Å². The number of anilines is 1. The lowest BCUT2D eigenvalue weighted by atomic mass is 10.1. The van der Waals surface area contributed by atoms with E-state index >= 15 is 0 Å². The van der Waals surface area contributed by atoms with E-state index in [2.05, 4.69) is 25.7 Å². The molecule has 0 bridgehead atoms. The molecule has 0 amide bonds. The first-order chi connectivity index (χ1) is 10.5. The van der Waals surface area contributed by atoms with Crippen LogP contribution in [0.2, 0.25) is 0 Å². The molecular formula is C18H30N2O2. The normalized spacial score (nSPS) is 17.1. The molecule has 1 atom stereocenters. The Hall–Kier alpha value is -1.58. The van der Waals surface area contributed by atoms with Crippen LogP contribution in [-0.4, -0.2) is 18.0 Å². The highest BCUT2D eigenvalue weighted by atomic mass is 16.6. The first kappa shape index (κ1) is 18.5. The van der Waals surface area contributed by atoms with Gasteiger partial charge in [-0.2, -0.15) is 0 Å². The number of nitro benzene ring substituents is 1. The summed E-state index contributed by atoms with van der Waals surface area (Å²) in [7, 11) is 0. The van der Waals surface area contributed by atoms with E-state index in [1.807, 2.05) is 12.1 Å². The number of hydrogen-bond acceptors (Lipinski definition) is 3. The van der Waals surface area contributed by atoms with Gasteiger partial charge in [0, 0.05) is 30.4 Å². The third kappa shape index (κ3) is 5.66. The summed E-state index contributed by atoms with van der Waals surface area (Å²) in [6.45, 7) is 10.6. The molecule has 124 valence electrons. The molecule has 1 aromatic rings. The van der Waals surface area contributed by atoms with Gasteiger partial charge in [0.15, 0.2) is 0 Å². The Balaban J connectivity index is 0.000000346. The summed E-state index contributed by atoms with van der Waals surface area (Å²) in [5.41, 5.74) is 2.05. The first-order valence-electron chi connectivity index (χ1n) is 8.49. The molecule has 0 N–H and O–H groups in total. The summed E-state index contributed by atoms with van der Waals surface area (Å²) in [6.07, 6.45) is 6.74. The molecule has 1 aliphatic heterocycles. The van der Waals surface area contributed by atoms with E-state index in [1.54, 1.807) is 13.0 Å². The Bertz CT molecular complexity index is 470. The van der Waals surface area contributed by atoms with E-state index in [0.717, 1.165) is 30.3 Å². The standard InChI is InChI=1S/C12H16N2O2.C6H14/c1-9-5-6-13(8-9)11-3-4-12(14(15)16)10(2)7-11;1-3-5-6-4-2/h3-4,7,9H,5-6,8H2,1-2H3;3-6H2,1-2H3. The van der Waals surface area contributed by atoms with Crippen LogP contribution in [0, 0.1) is 23.0 Å². The predicted molar refractivity (Wildman–Crippen MR) is 93.6 cm³/mol. The van der Waals surface area contributed by atoms with Crippen molar-refractivity contribution in [3.63, 3.8) is 0 Å². The highest BCUT2D eigenvalue weighted by Crippen LogP contribution is 2.28. The zero-order valence-electron chi connectivity index (χ0n) is 14.5. The maximum absolute atomic E-state index is 10.7. The zero-order chi connectivity index (χ0) is 16.5. The Kier molecular flexibility index (Phi) is 7.92. The second kappa shape index (κ2) is 9.44. The Morgan fingerprint density at radius 2 is 1.91 bits per heavy atom.